The lowest BCUT2D eigenvalue weighted by atomic mass is 10.2. The molecule has 8 nitrogen and oxygen atoms in total. The molecular weight excluding hydrogens is 398 g/mol. The molecule has 0 radical (unpaired) electrons. The van der Waals surface area contributed by atoms with Crippen molar-refractivity contribution in [1.82, 2.24) is 4.90 Å². The summed E-state index contributed by atoms with van der Waals surface area (Å²) < 4.78 is 45.3. The average molecular weight is 421 g/mol. The summed E-state index contributed by atoms with van der Waals surface area (Å²) in [5.74, 6) is 0.950. The van der Waals surface area contributed by atoms with Crippen LogP contribution >= 0.6 is 0 Å². The summed E-state index contributed by atoms with van der Waals surface area (Å²) in [6, 6.07) is 16.0. The SMILES string of the molecule is COc1ccccc1OCCN1C[C@@H](COS(=O)(=O)Cc2ccccc2)OC1=O. The van der Waals surface area contributed by atoms with E-state index >= 15 is 0 Å². The first-order valence-corrected chi connectivity index (χ1v) is 10.7. The van der Waals surface area contributed by atoms with Crippen molar-refractivity contribution in [2.24, 2.45) is 0 Å². The quantitative estimate of drug-likeness (QED) is 0.544. The van der Waals surface area contributed by atoms with Gasteiger partial charge in [-0.05, 0) is 17.7 Å². The average Bonchev–Trinajstić information content (AvgIpc) is 3.07. The molecule has 0 aromatic heterocycles. The highest BCUT2D eigenvalue weighted by Gasteiger charge is 2.32. The Morgan fingerprint density at radius 1 is 1.07 bits per heavy atom. The fourth-order valence-electron chi connectivity index (χ4n) is 2.85. The Morgan fingerprint density at radius 2 is 1.76 bits per heavy atom. The number of hydrogen-bond donors (Lipinski definition) is 0. The van der Waals surface area contributed by atoms with E-state index in [2.05, 4.69) is 0 Å². The lowest BCUT2D eigenvalue weighted by molar-refractivity contribution is 0.104. The van der Waals surface area contributed by atoms with E-state index in [1.165, 1.54) is 4.90 Å². The van der Waals surface area contributed by atoms with Crippen molar-refractivity contribution in [3.05, 3.63) is 60.2 Å². The van der Waals surface area contributed by atoms with E-state index in [0.29, 0.717) is 23.6 Å². The second-order valence-electron chi connectivity index (χ2n) is 6.42. The lowest BCUT2D eigenvalue weighted by Gasteiger charge is -2.15. The van der Waals surface area contributed by atoms with E-state index in [-0.39, 0.29) is 25.5 Å². The second kappa shape index (κ2) is 9.62. The molecule has 1 atom stereocenters. The Bertz CT molecular complexity index is 917. The van der Waals surface area contributed by atoms with Crippen LogP contribution in [-0.4, -0.2) is 58.9 Å². The Hall–Kier alpha value is -2.78. The molecule has 2 aromatic rings. The van der Waals surface area contributed by atoms with Crippen molar-refractivity contribution in [3.8, 4) is 11.5 Å². The van der Waals surface area contributed by atoms with Crippen LogP contribution in [-0.2, 0) is 24.8 Å². The van der Waals surface area contributed by atoms with Crippen molar-refractivity contribution < 1.29 is 31.6 Å². The summed E-state index contributed by atoms with van der Waals surface area (Å²) in [7, 11) is -2.21. The van der Waals surface area contributed by atoms with Gasteiger partial charge in [-0.25, -0.2) is 4.79 Å². The Morgan fingerprint density at radius 3 is 2.48 bits per heavy atom. The number of para-hydroxylation sites is 2. The molecule has 0 aliphatic carbocycles. The number of carbonyl (C=O) groups excluding carboxylic acids is 1. The molecule has 1 amide bonds. The molecule has 1 saturated heterocycles. The van der Waals surface area contributed by atoms with E-state index in [9.17, 15) is 13.2 Å². The van der Waals surface area contributed by atoms with Gasteiger partial charge in [0.25, 0.3) is 10.1 Å². The standard InChI is InChI=1S/C20H23NO7S/c1-25-18-9-5-6-10-19(18)26-12-11-21-13-17(28-20(21)22)14-27-29(23,24)15-16-7-3-2-4-8-16/h2-10,17H,11-15H2,1H3/t17-/m0/s1. The number of rotatable bonds is 10. The third kappa shape index (κ3) is 6.10. The molecule has 1 heterocycles. The Balaban J connectivity index is 1.44. The molecule has 29 heavy (non-hydrogen) atoms. The third-order valence-corrected chi connectivity index (χ3v) is 5.44. The molecule has 0 spiro atoms. The van der Waals surface area contributed by atoms with Gasteiger partial charge in [0.15, 0.2) is 11.5 Å². The topological polar surface area (TPSA) is 91.4 Å². The van der Waals surface area contributed by atoms with E-state index in [1.807, 2.05) is 12.1 Å². The monoisotopic (exact) mass is 421 g/mol. The van der Waals surface area contributed by atoms with Crippen LogP contribution in [0.15, 0.2) is 54.6 Å². The maximum atomic E-state index is 12.1. The first-order chi connectivity index (χ1) is 14.0. The molecule has 0 saturated carbocycles. The van der Waals surface area contributed by atoms with Crippen LogP contribution in [0.3, 0.4) is 0 Å². The Labute approximate surface area is 170 Å². The van der Waals surface area contributed by atoms with Gasteiger partial charge >= 0.3 is 6.09 Å². The molecule has 1 aliphatic heterocycles. The summed E-state index contributed by atoms with van der Waals surface area (Å²) in [4.78, 5) is 13.4. The zero-order valence-corrected chi connectivity index (χ0v) is 16.8. The van der Waals surface area contributed by atoms with Crippen LogP contribution < -0.4 is 9.47 Å². The van der Waals surface area contributed by atoms with Crippen LogP contribution in [0.5, 0.6) is 11.5 Å². The summed E-state index contributed by atoms with van der Waals surface area (Å²) in [5.41, 5.74) is 0.631. The number of ether oxygens (including phenoxy) is 3. The molecular formula is C20H23NO7S. The number of methoxy groups -OCH3 is 1. The predicted molar refractivity (Wildman–Crippen MR) is 105 cm³/mol. The number of benzene rings is 2. The summed E-state index contributed by atoms with van der Waals surface area (Å²) in [5, 5.41) is 0. The lowest BCUT2D eigenvalue weighted by Crippen LogP contribution is -2.30. The number of nitrogens with zero attached hydrogens (tertiary/aromatic N) is 1. The van der Waals surface area contributed by atoms with Gasteiger partial charge in [0, 0.05) is 0 Å². The van der Waals surface area contributed by atoms with Gasteiger partial charge in [-0.1, -0.05) is 42.5 Å². The normalized spacial score (nSPS) is 16.5. The van der Waals surface area contributed by atoms with Crippen molar-refractivity contribution in [2.75, 3.05) is 33.4 Å². The van der Waals surface area contributed by atoms with Crippen molar-refractivity contribution >= 4 is 16.2 Å². The number of hydrogen-bond acceptors (Lipinski definition) is 7. The van der Waals surface area contributed by atoms with Crippen molar-refractivity contribution in [1.29, 1.82) is 0 Å². The third-order valence-electron chi connectivity index (χ3n) is 4.26. The first kappa shape index (κ1) is 20.9. The first-order valence-electron chi connectivity index (χ1n) is 9.09. The van der Waals surface area contributed by atoms with Gasteiger partial charge < -0.3 is 19.1 Å². The molecule has 1 fully saturated rings. The van der Waals surface area contributed by atoms with Gasteiger partial charge in [-0.15, -0.1) is 0 Å². The Kier molecular flexibility index (Phi) is 6.95. The predicted octanol–water partition coefficient (Wildman–Crippen LogP) is 2.44. The largest absolute Gasteiger partial charge is 0.493 e. The maximum absolute atomic E-state index is 12.1. The van der Waals surface area contributed by atoms with Crippen LogP contribution in [0.4, 0.5) is 4.79 Å². The highest BCUT2D eigenvalue weighted by atomic mass is 32.2. The van der Waals surface area contributed by atoms with Crippen LogP contribution in [0.2, 0.25) is 0 Å². The molecule has 1 aliphatic rings. The minimum Gasteiger partial charge on any atom is -0.493 e. The highest BCUT2D eigenvalue weighted by molar-refractivity contribution is 7.85. The van der Waals surface area contributed by atoms with Gasteiger partial charge in [0.2, 0.25) is 0 Å². The van der Waals surface area contributed by atoms with Crippen LogP contribution in [0, 0.1) is 0 Å². The molecule has 156 valence electrons. The molecule has 3 rings (SSSR count). The summed E-state index contributed by atoms with van der Waals surface area (Å²) in [6.07, 6.45) is -1.18. The van der Waals surface area contributed by atoms with Gasteiger partial charge in [-0.2, -0.15) is 8.42 Å². The van der Waals surface area contributed by atoms with Gasteiger partial charge in [-0.3, -0.25) is 4.18 Å². The number of cyclic esters (lactones) is 1. The van der Waals surface area contributed by atoms with Crippen molar-refractivity contribution in [2.45, 2.75) is 11.9 Å². The van der Waals surface area contributed by atoms with E-state index < -0.39 is 22.3 Å². The second-order valence-corrected chi connectivity index (χ2v) is 8.06. The van der Waals surface area contributed by atoms with E-state index in [1.54, 1.807) is 49.6 Å². The fraction of sp³-hybridized carbons (Fsp3) is 0.350. The van der Waals surface area contributed by atoms with Gasteiger partial charge in [0.1, 0.15) is 25.1 Å². The van der Waals surface area contributed by atoms with Crippen LogP contribution in [0.1, 0.15) is 5.56 Å². The van der Waals surface area contributed by atoms with E-state index in [4.69, 9.17) is 18.4 Å². The zero-order valence-electron chi connectivity index (χ0n) is 16.0. The number of amides is 1. The molecule has 9 heteroatoms. The molecule has 0 bridgehead atoms. The van der Waals surface area contributed by atoms with Crippen LogP contribution in [0.25, 0.3) is 0 Å². The van der Waals surface area contributed by atoms with E-state index in [0.717, 1.165) is 0 Å². The zero-order chi connectivity index (χ0) is 20.7. The van der Waals surface area contributed by atoms with Crippen molar-refractivity contribution in [3.63, 3.8) is 0 Å². The molecule has 0 unspecified atom stereocenters. The summed E-state index contributed by atoms with van der Waals surface area (Å²) in [6.45, 7) is 0.555. The number of carbonyl (C=O) groups is 1. The smallest absolute Gasteiger partial charge is 0.410 e. The highest BCUT2D eigenvalue weighted by Crippen LogP contribution is 2.25. The summed E-state index contributed by atoms with van der Waals surface area (Å²) >= 11 is 0. The molecule has 2 aromatic carbocycles. The molecule has 0 N–H and O–H groups in total. The minimum atomic E-state index is -3.77. The minimum absolute atomic E-state index is 0.217. The van der Waals surface area contributed by atoms with Gasteiger partial charge in [0.05, 0.1) is 20.2 Å². The maximum Gasteiger partial charge on any atom is 0.410 e. The fourth-order valence-corrected chi connectivity index (χ4v) is 3.89.